The van der Waals surface area contributed by atoms with E-state index in [1.54, 1.807) is 7.05 Å². The van der Waals surface area contributed by atoms with Gasteiger partial charge in [-0.15, -0.1) is 24.0 Å². The molecule has 2 saturated heterocycles. The molecule has 3 rings (SSSR count). The Morgan fingerprint density at radius 2 is 1.77 bits per heavy atom. The van der Waals surface area contributed by atoms with Gasteiger partial charge in [0, 0.05) is 65.0 Å². The van der Waals surface area contributed by atoms with Crippen molar-refractivity contribution >= 4 is 35.8 Å². The average Bonchev–Trinajstić information content (AvgIpc) is 3.26. The van der Waals surface area contributed by atoms with Crippen LogP contribution >= 0.6 is 24.0 Å². The Balaban J connectivity index is 0.00000341. The van der Waals surface area contributed by atoms with Crippen LogP contribution in [0.2, 0.25) is 0 Å². The zero-order valence-corrected chi connectivity index (χ0v) is 21.3. The maximum atomic E-state index is 14.0. The molecule has 0 bridgehead atoms. The first kappa shape index (κ1) is 25.8. The van der Waals surface area contributed by atoms with Crippen molar-refractivity contribution in [3.63, 3.8) is 0 Å². The quantitative estimate of drug-likeness (QED) is 0.336. The van der Waals surface area contributed by atoms with Crippen molar-refractivity contribution in [1.82, 2.24) is 24.9 Å². The second-order valence-corrected chi connectivity index (χ2v) is 8.42. The number of hydrogen-bond acceptors (Lipinski definition) is 4. The number of piperazine rings is 1. The predicted molar refractivity (Wildman–Crippen MR) is 133 cm³/mol. The number of rotatable bonds is 6. The van der Waals surface area contributed by atoms with Gasteiger partial charge in [-0.3, -0.25) is 14.7 Å². The van der Waals surface area contributed by atoms with Crippen molar-refractivity contribution in [2.75, 3.05) is 67.0 Å². The predicted octanol–water partition coefficient (Wildman–Crippen LogP) is 1.82. The van der Waals surface area contributed by atoms with Crippen molar-refractivity contribution < 1.29 is 9.18 Å². The van der Waals surface area contributed by atoms with Crippen molar-refractivity contribution in [3.05, 3.63) is 35.1 Å². The van der Waals surface area contributed by atoms with Gasteiger partial charge in [-0.25, -0.2) is 4.39 Å². The van der Waals surface area contributed by atoms with Crippen LogP contribution in [-0.2, 0) is 17.9 Å². The highest BCUT2D eigenvalue weighted by Crippen LogP contribution is 2.13. The Hall–Kier alpha value is -1.46. The maximum absolute atomic E-state index is 14.0. The molecule has 1 aromatic carbocycles. The molecule has 9 heteroatoms. The van der Waals surface area contributed by atoms with Crippen LogP contribution in [0.25, 0.3) is 0 Å². The maximum Gasteiger partial charge on any atom is 0.236 e. The summed E-state index contributed by atoms with van der Waals surface area (Å²) >= 11 is 0. The Morgan fingerprint density at radius 1 is 1.10 bits per heavy atom. The first-order chi connectivity index (χ1) is 14.5. The van der Waals surface area contributed by atoms with Gasteiger partial charge < -0.3 is 20.0 Å². The number of carbonyl (C=O) groups is 1. The molecule has 31 heavy (non-hydrogen) atoms. The van der Waals surface area contributed by atoms with E-state index in [1.165, 1.54) is 6.07 Å². The Bertz CT molecular complexity index is 746. The Labute approximate surface area is 202 Å². The molecule has 174 valence electrons. The highest BCUT2D eigenvalue weighted by atomic mass is 127. The smallest absolute Gasteiger partial charge is 0.236 e. The molecule has 1 N–H and O–H groups in total. The fourth-order valence-electron chi connectivity index (χ4n) is 4.09. The van der Waals surface area contributed by atoms with E-state index in [-0.39, 0.29) is 35.7 Å². The zero-order chi connectivity index (χ0) is 21.5. The van der Waals surface area contributed by atoms with Crippen molar-refractivity contribution in [2.45, 2.75) is 25.9 Å². The third-order valence-electron chi connectivity index (χ3n) is 5.75. The molecule has 2 heterocycles. The molecule has 1 amide bonds. The minimum atomic E-state index is -0.170. The third-order valence-corrected chi connectivity index (χ3v) is 5.75. The summed E-state index contributed by atoms with van der Waals surface area (Å²) in [5.41, 5.74) is 1.73. The standard InChI is InChI=1S/C22H35FN6O.HI/c1-24-22(25-15-18-6-7-20(23)19(14-18)16-26(2)3)29-12-10-27(11-13-29)17-21(30)28-8-4-5-9-28;/h6-7,14H,4-5,8-13,15-17H2,1-3H3,(H,24,25);1H. The SMILES string of the molecule is CN=C(NCc1ccc(F)c(CN(C)C)c1)N1CCN(CC(=O)N2CCCC2)CC1.I. The molecule has 2 aliphatic rings. The highest BCUT2D eigenvalue weighted by Gasteiger charge is 2.24. The molecule has 0 aliphatic carbocycles. The van der Waals surface area contributed by atoms with Gasteiger partial charge in [-0.1, -0.05) is 6.07 Å². The lowest BCUT2D eigenvalue weighted by atomic mass is 10.1. The fraction of sp³-hybridized carbons (Fsp3) is 0.636. The molecule has 0 atom stereocenters. The number of guanidine groups is 1. The van der Waals surface area contributed by atoms with E-state index in [0.29, 0.717) is 25.2 Å². The summed E-state index contributed by atoms with van der Waals surface area (Å²) in [5, 5.41) is 3.40. The molecular formula is C22H36FIN6O. The first-order valence-corrected chi connectivity index (χ1v) is 10.8. The molecule has 0 saturated carbocycles. The number of halogens is 2. The number of nitrogens with one attached hydrogen (secondary N) is 1. The summed E-state index contributed by atoms with van der Waals surface area (Å²) < 4.78 is 14.0. The van der Waals surface area contributed by atoms with Crippen LogP contribution in [-0.4, -0.2) is 98.4 Å². The molecule has 2 fully saturated rings. The van der Waals surface area contributed by atoms with E-state index < -0.39 is 0 Å². The van der Waals surface area contributed by atoms with Gasteiger partial charge in [0.15, 0.2) is 5.96 Å². The van der Waals surface area contributed by atoms with E-state index >= 15 is 0 Å². The van der Waals surface area contributed by atoms with Crippen LogP contribution in [0, 0.1) is 5.82 Å². The molecule has 1 aromatic rings. The molecule has 0 spiro atoms. The lowest BCUT2D eigenvalue weighted by Crippen LogP contribution is -2.54. The minimum Gasteiger partial charge on any atom is -0.352 e. The Morgan fingerprint density at radius 3 is 2.39 bits per heavy atom. The Kier molecular flexibility index (Phi) is 10.4. The highest BCUT2D eigenvalue weighted by molar-refractivity contribution is 14.0. The van der Waals surface area contributed by atoms with Crippen molar-refractivity contribution in [2.24, 2.45) is 4.99 Å². The van der Waals surface area contributed by atoms with E-state index in [2.05, 4.69) is 20.1 Å². The largest absolute Gasteiger partial charge is 0.352 e. The number of carbonyl (C=O) groups excluding carboxylic acids is 1. The topological polar surface area (TPSA) is 54.4 Å². The normalized spacial score (nSPS) is 17.8. The molecule has 0 radical (unpaired) electrons. The van der Waals surface area contributed by atoms with E-state index in [9.17, 15) is 9.18 Å². The first-order valence-electron chi connectivity index (χ1n) is 10.8. The van der Waals surface area contributed by atoms with Crippen molar-refractivity contribution in [3.8, 4) is 0 Å². The summed E-state index contributed by atoms with van der Waals surface area (Å²) in [7, 11) is 5.66. The van der Waals surface area contributed by atoms with Crippen LogP contribution in [0.1, 0.15) is 24.0 Å². The van der Waals surface area contributed by atoms with Gasteiger partial charge >= 0.3 is 0 Å². The number of likely N-dealkylation sites (tertiary alicyclic amines) is 1. The number of benzene rings is 1. The van der Waals surface area contributed by atoms with Crippen molar-refractivity contribution in [1.29, 1.82) is 0 Å². The summed E-state index contributed by atoms with van der Waals surface area (Å²) in [6, 6.07) is 5.27. The van der Waals surface area contributed by atoms with Crippen LogP contribution < -0.4 is 5.32 Å². The third kappa shape index (κ3) is 7.57. The number of hydrogen-bond donors (Lipinski definition) is 1. The fourth-order valence-corrected chi connectivity index (χ4v) is 4.09. The van der Waals surface area contributed by atoms with Gasteiger partial charge in [0.05, 0.1) is 6.54 Å². The zero-order valence-electron chi connectivity index (χ0n) is 18.9. The van der Waals surface area contributed by atoms with Gasteiger partial charge in [0.2, 0.25) is 5.91 Å². The van der Waals surface area contributed by atoms with E-state index in [0.717, 1.165) is 63.6 Å². The lowest BCUT2D eigenvalue weighted by Gasteiger charge is -2.36. The lowest BCUT2D eigenvalue weighted by molar-refractivity contribution is -0.131. The summed E-state index contributed by atoms with van der Waals surface area (Å²) in [4.78, 5) is 25.2. The second-order valence-electron chi connectivity index (χ2n) is 8.42. The van der Waals surface area contributed by atoms with Gasteiger partial charge in [-0.05, 0) is 44.6 Å². The number of nitrogens with zero attached hydrogens (tertiary/aromatic N) is 5. The van der Waals surface area contributed by atoms with Crippen LogP contribution in [0.3, 0.4) is 0 Å². The molecule has 0 aromatic heterocycles. The van der Waals surface area contributed by atoms with Gasteiger partial charge in [0.1, 0.15) is 5.82 Å². The summed E-state index contributed by atoms with van der Waals surface area (Å²) in [5.74, 6) is 0.934. The minimum absolute atomic E-state index is 0. The molecular weight excluding hydrogens is 510 g/mol. The molecule has 7 nitrogen and oxygen atoms in total. The number of amides is 1. The average molecular weight is 546 g/mol. The van der Waals surface area contributed by atoms with E-state index in [1.807, 2.05) is 36.0 Å². The summed E-state index contributed by atoms with van der Waals surface area (Å²) in [6.07, 6.45) is 2.26. The monoisotopic (exact) mass is 546 g/mol. The number of aliphatic imine (C=N–C) groups is 1. The summed E-state index contributed by atoms with van der Waals surface area (Å²) in [6.45, 7) is 6.89. The van der Waals surface area contributed by atoms with Crippen LogP contribution in [0.5, 0.6) is 0 Å². The molecule has 2 aliphatic heterocycles. The van der Waals surface area contributed by atoms with Gasteiger partial charge in [-0.2, -0.15) is 0 Å². The molecule has 0 unspecified atom stereocenters. The van der Waals surface area contributed by atoms with Gasteiger partial charge in [0.25, 0.3) is 0 Å². The van der Waals surface area contributed by atoms with E-state index in [4.69, 9.17) is 0 Å². The van der Waals surface area contributed by atoms with Crippen LogP contribution in [0.4, 0.5) is 4.39 Å². The second kappa shape index (κ2) is 12.5. The van der Waals surface area contributed by atoms with Crippen LogP contribution in [0.15, 0.2) is 23.2 Å².